The number of hydrogen-bond acceptors (Lipinski definition) is 7. The van der Waals surface area contributed by atoms with E-state index >= 15 is 0 Å². The lowest BCUT2D eigenvalue weighted by Gasteiger charge is -2.32. The van der Waals surface area contributed by atoms with Gasteiger partial charge in [-0.3, -0.25) is 0 Å². The maximum Gasteiger partial charge on any atom is 0.104 e. The molecule has 1 aliphatic carbocycles. The second kappa shape index (κ2) is 12.4. The van der Waals surface area contributed by atoms with Gasteiger partial charge in [-0.15, -0.1) is 0 Å². The summed E-state index contributed by atoms with van der Waals surface area (Å²) in [6.45, 7) is 5.84. The normalized spacial score (nSPS) is 37.9. The van der Waals surface area contributed by atoms with Crippen LogP contribution >= 0.6 is 0 Å². The first-order valence-electron chi connectivity index (χ1n) is 11.0. The van der Waals surface area contributed by atoms with Crippen LogP contribution in [0.2, 0.25) is 0 Å². The largest absolute Gasteiger partial charge is 0.394 e. The van der Waals surface area contributed by atoms with Gasteiger partial charge in [0.25, 0.3) is 0 Å². The Hall–Kier alpha value is -0.280. The molecule has 3 fully saturated rings. The molecule has 164 valence electrons. The Morgan fingerprint density at radius 1 is 0.750 bits per heavy atom. The van der Waals surface area contributed by atoms with E-state index in [1.54, 1.807) is 0 Å². The van der Waals surface area contributed by atoms with Crippen LogP contribution in [0.15, 0.2) is 0 Å². The first-order chi connectivity index (χ1) is 13.7. The Bertz CT molecular complexity index is 406. The lowest BCUT2D eigenvalue weighted by atomic mass is 9.91. The fourth-order valence-electron chi connectivity index (χ4n) is 4.01. The van der Waals surface area contributed by atoms with Gasteiger partial charge in [0.05, 0.1) is 59.0 Å². The van der Waals surface area contributed by atoms with Gasteiger partial charge >= 0.3 is 0 Å². The fraction of sp³-hybridized carbons (Fsp3) is 1.00. The van der Waals surface area contributed by atoms with E-state index < -0.39 is 0 Å². The maximum absolute atomic E-state index is 9.02. The SMILES string of the molecule is CC1CCCCCC(OCC2COC(COCC3COC(CO)CO3)CO2)C1. The minimum atomic E-state index is -0.212. The van der Waals surface area contributed by atoms with Crippen LogP contribution in [0.4, 0.5) is 0 Å². The minimum Gasteiger partial charge on any atom is -0.394 e. The molecule has 0 aromatic heterocycles. The Labute approximate surface area is 168 Å². The lowest BCUT2D eigenvalue weighted by Crippen LogP contribution is -2.43. The molecule has 28 heavy (non-hydrogen) atoms. The third-order valence-corrected chi connectivity index (χ3v) is 5.79. The molecule has 1 N–H and O–H groups in total. The van der Waals surface area contributed by atoms with Gasteiger partial charge in [-0.25, -0.2) is 0 Å². The summed E-state index contributed by atoms with van der Waals surface area (Å²) in [7, 11) is 0. The van der Waals surface area contributed by atoms with Crippen molar-refractivity contribution >= 4 is 0 Å². The molecular weight excluding hydrogens is 364 g/mol. The van der Waals surface area contributed by atoms with Crippen LogP contribution in [-0.2, 0) is 28.4 Å². The van der Waals surface area contributed by atoms with Gasteiger partial charge in [0.2, 0.25) is 0 Å². The molecule has 0 aromatic carbocycles. The third-order valence-electron chi connectivity index (χ3n) is 5.79. The zero-order valence-electron chi connectivity index (χ0n) is 17.3. The molecule has 0 radical (unpaired) electrons. The average molecular weight is 403 g/mol. The van der Waals surface area contributed by atoms with Crippen LogP contribution in [0.1, 0.15) is 45.4 Å². The van der Waals surface area contributed by atoms with Gasteiger partial charge in [0, 0.05) is 0 Å². The van der Waals surface area contributed by atoms with E-state index in [9.17, 15) is 0 Å². The van der Waals surface area contributed by atoms with E-state index in [0.29, 0.717) is 52.4 Å². The number of aliphatic hydroxyl groups is 1. The summed E-state index contributed by atoms with van der Waals surface area (Å²) in [5.41, 5.74) is 0. The molecule has 7 nitrogen and oxygen atoms in total. The number of aliphatic hydroxyl groups excluding tert-OH is 1. The van der Waals surface area contributed by atoms with E-state index in [2.05, 4.69) is 6.92 Å². The van der Waals surface area contributed by atoms with E-state index in [-0.39, 0.29) is 31.0 Å². The number of hydrogen-bond donors (Lipinski definition) is 1. The summed E-state index contributed by atoms with van der Waals surface area (Å²) >= 11 is 0. The van der Waals surface area contributed by atoms with Crippen molar-refractivity contribution in [1.82, 2.24) is 0 Å². The smallest absolute Gasteiger partial charge is 0.104 e. The fourth-order valence-corrected chi connectivity index (χ4v) is 4.01. The molecule has 6 atom stereocenters. The molecule has 0 spiro atoms. The Balaban J connectivity index is 1.23. The molecule has 3 aliphatic rings. The summed E-state index contributed by atoms with van der Waals surface area (Å²) < 4.78 is 34.7. The van der Waals surface area contributed by atoms with Crippen LogP contribution in [0, 0.1) is 5.92 Å². The van der Waals surface area contributed by atoms with E-state index in [4.69, 9.17) is 33.5 Å². The summed E-state index contributed by atoms with van der Waals surface area (Å²) in [4.78, 5) is 0. The quantitative estimate of drug-likeness (QED) is 0.665. The van der Waals surface area contributed by atoms with Crippen LogP contribution in [-0.4, -0.2) is 88.5 Å². The van der Waals surface area contributed by atoms with Crippen molar-refractivity contribution in [3.05, 3.63) is 0 Å². The molecular formula is C21H38O7. The Kier molecular flexibility index (Phi) is 9.94. The van der Waals surface area contributed by atoms with E-state index in [1.807, 2.05) is 0 Å². The standard InChI is InChI=1S/C21H38O7/c1-16-5-3-2-4-6-17(7-16)24-14-21-15-27-20(13-28-21)10-23-9-19-12-25-18(8-22)11-26-19/h16-22H,2-15H2,1H3. The molecule has 6 unspecified atom stereocenters. The first kappa shape index (κ1) is 22.4. The Morgan fingerprint density at radius 2 is 1.32 bits per heavy atom. The second-order valence-corrected chi connectivity index (χ2v) is 8.48. The molecule has 0 bridgehead atoms. The molecule has 1 saturated carbocycles. The molecule has 2 heterocycles. The highest BCUT2D eigenvalue weighted by molar-refractivity contribution is 4.72. The number of rotatable bonds is 8. The van der Waals surface area contributed by atoms with Gasteiger partial charge < -0.3 is 33.5 Å². The van der Waals surface area contributed by atoms with Crippen LogP contribution in [0.25, 0.3) is 0 Å². The molecule has 0 amide bonds. The highest BCUT2D eigenvalue weighted by Gasteiger charge is 2.26. The monoisotopic (exact) mass is 402 g/mol. The molecule has 2 saturated heterocycles. The van der Waals surface area contributed by atoms with Crippen molar-refractivity contribution < 1.29 is 33.5 Å². The maximum atomic E-state index is 9.02. The summed E-state index contributed by atoms with van der Waals surface area (Å²) in [6.07, 6.45) is 7.65. The van der Waals surface area contributed by atoms with Crippen molar-refractivity contribution in [2.75, 3.05) is 52.9 Å². The molecule has 3 rings (SSSR count). The van der Waals surface area contributed by atoms with Crippen LogP contribution in [0.5, 0.6) is 0 Å². The van der Waals surface area contributed by atoms with Crippen molar-refractivity contribution in [1.29, 1.82) is 0 Å². The minimum absolute atomic E-state index is 0.00845. The van der Waals surface area contributed by atoms with Crippen molar-refractivity contribution in [2.45, 2.75) is 76.0 Å². The van der Waals surface area contributed by atoms with Gasteiger partial charge in [-0.1, -0.05) is 32.6 Å². The predicted octanol–water partition coefficient (Wildman–Crippen LogP) is 1.94. The van der Waals surface area contributed by atoms with Crippen molar-refractivity contribution in [3.8, 4) is 0 Å². The van der Waals surface area contributed by atoms with E-state index in [1.165, 1.54) is 32.1 Å². The second-order valence-electron chi connectivity index (χ2n) is 8.48. The Morgan fingerprint density at radius 3 is 1.93 bits per heavy atom. The van der Waals surface area contributed by atoms with Crippen molar-refractivity contribution in [2.24, 2.45) is 5.92 Å². The lowest BCUT2D eigenvalue weighted by molar-refractivity contribution is -0.187. The molecule has 0 aromatic rings. The van der Waals surface area contributed by atoms with Crippen LogP contribution < -0.4 is 0 Å². The summed E-state index contributed by atoms with van der Waals surface area (Å²) in [6, 6.07) is 0. The van der Waals surface area contributed by atoms with E-state index in [0.717, 1.165) is 12.3 Å². The van der Waals surface area contributed by atoms with Gasteiger partial charge in [-0.05, 0) is 18.8 Å². The highest BCUT2D eigenvalue weighted by Crippen LogP contribution is 2.24. The predicted molar refractivity (Wildman–Crippen MR) is 103 cm³/mol. The van der Waals surface area contributed by atoms with Gasteiger partial charge in [-0.2, -0.15) is 0 Å². The summed E-state index contributed by atoms with van der Waals surface area (Å²) in [5, 5.41) is 9.02. The molecule has 2 aliphatic heterocycles. The number of ether oxygens (including phenoxy) is 6. The van der Waals surface area contributed by atoms with Crippen molar-refractivity contribution in [3.63, 3.8) is 0 Å². The zero-order valence-corrected chi connectivity index (χ0v) is 17.3. The summed E-state index contributed by atoms with van der Waals surface area (Å²) in [5.74, 6) is 0.753. The van der Waals surface area contributed by atoms with Gasteiger partial charge in [0.15, 0.2) is 0 Å². The van der Waals surface area contributed by atoms with Crippen LogP contribution in [0.3, 0.4) is 0 Å². The molecule has 7 heteroatoms. The topological polar surface area (TPSA) is 75.6 Å². The zero-order chi connectivity index (χ0) is 19.6. The highest BCUT2D eigenvalue weighted by atomic mass is 16.6. The average Bonchev–Trinajstić information content (AvgIpc) is 2.71. The first-order valence-corrected chi connectivity index (χ1v) is 11.0. The third kappa shape index (κ3) is 7.86. The van der Waals surface area contributed by atoms with Gasteiger partial charge in [0.1, 0.15) is 24.4 Å².